The van der Waals surface area contributed by atoms with Gasteiger partial charge in [-0.3, -0.25) is 0 Å². The maximum atomic E-state index is 6.44. The summed E-state index contributed by atoms with van der Waals surface area (Å²) >= 11 is 0. The second kappa shape index (κ2) is 6.97. The van der Waals surface area contributed by atoms with Crippen LogP contribution in [0, 0.1) is 0 Å². The average molecular weight is 250 g/mol. The van der Waals surface area contributed by atoms with Gasteiger partial charge in [0.25, 0.3) is 0 Å². The van der Waals surface area contributed by atoms with Crippen LogP contribution in [0.15, 0.2) is 30.3 Å². The molecule has 0 aliphatic heterocycles. The van der Waals surface area contributed by atoms with E-state index >= 15 is 0 Å². The minimum atomic E-state index is -1.73. The Labute approximate surface area is 107 Å². The van der Waals surface area contributed by atoms with Gasteiger partial charge in [0.15, 0.2) is 0 Å². The van der Waals surface area contributed by atoms with E-state index in [0.717, 1.165) is 0 Å². The molecule has 0 fully saturated rings. The van der Waals surface area contributed by atoms with Crippen LogP contribution in [-0.4, -0.2) is 14.4 Å². The molecule has 0 bridgehead atoms. The van der Waals surface area contributed by atoms with E-state index in [-0.39, 0.29) is 0 Å². The fraction of sp³-hybridized carbons (Fsp3) is 0.600. The van der Waals surface area contributed by atoms with Crippen LogP contribution in [0.25, 0.3) is 0 Å². The third-order valence-corrected chi connectivity index (χ3v) is 7.99. The van der Waals surface area contributed by atoms with E-state index in [4.69, 9.17) is 4.43 Å². The SMILES string of the molecule is CCC[Si](CCC)(OC(C)C)c1ccccc1. The Morgan fingerprint density at radius 2 is 1.53 bits per heavy atom. The Balaban J connectivity index is 3.04. The van der Waals surface area contributed by atoms with Gasteiger partial charge in [-0.15, -0.1) is 0 Å². The van der Waals surface area contributed by atoms with E-state index in [1.165, 1.54) is 30.1 Å². The molecule has 1 aromatic carbocycles. The first-order chi connectivity index (χ1) is 8.14. The van der Waals surface area contributed by atoms with Crippen LogP contribution in [0.4, 0.5) is 0 Å². The van der Waals surface area contributed by atoms with Gasteiger partial charge in [0.05, 0.1) is 0 Å². The fourth-order valence-corrected chi connectivity index (χ4v) is 7.12. The molecule has 1 aromatic rings. The van der Waals surface area contributed by atoms with E-state index < -0.39 is 8.32 Å². The Kier molecular flexibility index (Phi) is 5.93. The molecule has 0 atom stereocenters. The van der Waals surface area contributed by atoms with Gasteiger partial charge in [0.2, 0.25) is 8.32 Å². The van der Waals surface area contributed by atoms with Gasteiger partial charge < -0.3 is 4.43 Å². The average Bonchev–Trinajstić information content (AvgIpc) is 2.30. The van der Waals surface area contributed by atoms with Crippen molar-refractivity contribution in [3.05, 3.63) is 30.3 Å². The number of rotatable bonds is 7. The summed E-state index contributed by atoms with van der Waals surface area (Å²) in [4.78, 5) is 0. The predicted molar refractivity (Wildman–Crippen MR) is 78.2 cm³/mol. The van der Waals surface area contributed by atoms with Crippen molar-refractivity contribution < 1.29 is 4.43 Å². The van der Waals surface area contributed by atoms with Crippen LogP contribution >= 0.6 is 0 Å². The molecule has 0 unspecified atom stereocenters. The first kappa shape index (κ1) is 14.5. The normalized spacial score (nSPS) is 12.1. The quantitative estimate of drug-likeness (QED) is 0.662. The van der Waals surface area contributed by atoms with E-state index in [1.54, 1.807) is 0 Å². The predicted octanol–water partition coefficient (Wildman–Crippen LogP) is 4.08. The van der Waals surface area contributed by atoms with Crippen molar-refractivity contribution in [3.8, 4) is 0 Å². The van der Waals surface area contributed by atoms with Crippen LogP contribution in [0.3, 0.4) is 0 Å². The molecule has 2 heteroatoms. The van der Waals surface area contributed by atoms with Gasteiger partial charge in [-0.05, 0) is 31.1 Å². The Bertz CT molecular complexity index is 302. The molecule has 96 valence electrons. The number of hydrogen-bond acceptors (Lipinski definition) is 1. The summed E-state index contributed by atoms with van der Waals surface area (Å²) in [6.45, 7) is 8.86. The smallest absolute Gasteiger partial charge is 0.224 e. The van der Waals surface area contributed by atoms with Crippen molar-refractivity contribution in [3.63, 3.8) is 0 Å². The first-order valence-corrected chi connectivity index (χ1v) is 9.20. The van der Waals surface area contributed by atoms with Gasteiger partial charge >= 0.3 is 0 Å². The maximum Gasteiger partial charge on any atom is 0.224 e. The summed E-state index contributed by atoms with van der Waals surface area (Å²) in [5, 5.41) is 1.47. The summed E-state index contributed by atoms with van der Waals surface area (Å²) in [5.74, 6) is 0. The maximum absolute atomic E-state index is 6.44. The molecule has 0 radical (unpaired) electrons. The zero-order valence-electron chi connectivity index (χ0n) is 11.7. The lowest BCUT2D eigenvalue weighted by Gasteiger charge is -2.33. The van der Waals surface area contributed by atoms with Crippen molar-refractivity contribution in [1.29, 1.82) is 0 Å². The number of hydrogen-bond donors (Lipinski definition) is 0. The van der Waals surface area contributed by atoms with Crippen molar-refractivity contribution in [2.45, 2.75) is 58.7 Å². The van der Waals surface area contributed by atoms with Crippen LogP contribution in [0.5, 0.6) is 0 Å². The van der Waals surface area contributed by atoms with E-state index in [9.17, 15) is 0 Å². The summed E-state index contributed by atoms with van der Waals surface area (Å²) in [6, 6.07) is 13.4. The van der Waals surface area contributed by atoms with Gasteiger partial charge in [-0.25, -0.2) is 0 Å². The minimum Gasteiger partial charge on any atom is -0.410 e. The largest absolute Gasteiger partial charge is 0.410 e. The highest BCUT2D eigenvalue weighted by Crippen LogP contribution is 2.23. The first-order valence-electron chi connectivity index (χ1n) is 6.88. The van der Waals surface area contributed by atoms with Gasteiger partial charge in [0, 0.05) is 6.10 Å². The van der Waals surface area contributed by atoms with Crippen LogP contribution in [0.1, 0.15) is 40.5 Å². The molecule has 0 aliphatic carbocycles. The molecule has 0 N–H and O–H groups in total. The van der Waals surface area contributed by atoms with Crippen LogP contribution < -0.4 is 5.19 Å². The Morgan fingerprint density at radius 3 is 1.94 bits per heavy atom. The van der Waals surface area contributed by atoms with Gasteiger partial charge in [-0.1, -0.05) is 57.0 Å². The molecular formula is C15H26OSi. The van der Waals surface area contributed by atoms with Crippen molar-refractivity contribution in [1.82, 2.24) is 0 Å². The summed E-state index contributed by atoms with van der Waals surface area (Å²) in [6.07, 6.45) is 2.77. The fourth-order valence-electron chi connectivity index (χ4n) is 2.60. The van der Waals surface area contributed by atoms with Crippen LogP contribution in [-0.2, 0) is 4.43 Å². The second-order valence-electron chi connectivity index (χ2n) is 5.03. The van der Waals surface area contributed by atoms with Gasteiger partial charge in [0.1, 0.15) is 0 Å². The van der Waals surface area contributed by atoms with E-state index in [1.807, 2.05) is 0 Å². The third-order valence-electron chi connectivity index (χ3n) is 3.07. The third kappa shape index (κ3) is 3.97. The molecule has 0 amide bonds. The van der Waals surface area contributed by atoms with E-state index in [2.05, 4.69) is 58.0 Å². The lowest BCUT2D eigenvalue weighted by atomic mass is 10.4. The van der Waals surface area contributed by atoms with Crippen molar-refractivity contribution in [2.24, 2.45) is 0 Å². The Hall–Kier alpha value is -0.603. The summed E-state index contributed by atoms with van der Waals surface area (Å²) in [5.41, 5.74) is 0. The topological polar surface area (TPSA) is 9.23 Å². The van der Waals surface area contributed by atoms with E-state index in [0.29, 0.717) is 6.10 Å². The lowest BCUT2D eigenvalue weighted by Crippen LogP contribution is -2.51. The summed E-state index contributed by atoms with van der Waals surface area (Å²) in [7, 11) is -1.73. The highest BCUT2D eigenvalue weighted by Gasteiger charge is 2.36. The zero-order valence-corrected chi connectivity index (χ0v) is 12.7. The Morgan fingerprint density at radius 1 is 1.00 bits per heavy atom. The monoisotopic (exact) mass is 250 g/mol. The molecule has 0 spiro atoms. The molecule has 0 heterocycles. The molecule has 0 aromatic heterocycles. The van der Waals surface area contributed by atoms with Gasteiger partial charge in [-0.2, -0.15) is 0 Å². The highest BCUT2D eigenvalue weighted by atomic mass is 28.4. The molecule has 0 saturated carbocycles. The molecule has 0 saturated heterocycles. The molecule has 0 aliphatic rings. The minimum absolute atomic E-state index is 0.333. The molecular weight excluding hydrogens is 224 g/mol. The summed E-state index contributed by atoms with van der Waals surface area (Å²) < 4.78 is 6.44. The zero-order chi connectivity index (χ0) is 12.7. The molecule has 1 nitrogen and oxygen atoms in total. The highest BCUT2D eigenvalue weighted by molar-refractivity contribution is 6.86. The molecule has 1 rings (SSSR count). The molecule has 17 heavy (non-hydrogen) atoms. The standard InChI is InChI=1S/C15H26OSi/c1-5-12-17(13-6-2,16-14(3)4)15-10-8-7-9-11-15/h7-11,14H,5-6,12-13H2,1-4H3. The second-order valence-corrected chi connectivity index (χ2v) is 8.83. The number of benzene rings is 1. The van der Waals surface area contributed by atoms with Crippen molar-refractivity contribution in [2.75, 3.05) is 0 Å². The lowest BCUT2D eigenvalue weighted by molar-refractivity contribution is 0.230. The van der Waals surface area contributed by atoms with Crippen molar-refractivity contribution >= 4 is 13.5 Å². The van der Waals surface area contributed by atoms with Crippen LogP contribution in [0.2, 0.25) is 12.1 Å².